The fourth-order valence-corrected chi connectivity index (χ4v) is 5.37. The number of hydrogen-bond donors (Lipinski definition) is 1. The lowest BCUT2D eigenvalue weighted by Crippen LogP contribution is -2.30. The van der Waals surface area contributed by atoms with Gasteiger partial charge in [0.05, 0.1) is 4.90 Å². The van der Waals surface area contributed by atoms with E-state index in [-0.39, 0.29) is 4.90 Å². The van der Waals surface area contributed by atoms with E-state index in [1.165, 1.54) is 20.7 Å². The number of halogens is 1. The summed E-state index contributed by atoms with van der Waals surface area (Å²) in [5, 5.41) is 9.50. The fraction of sp³-hybridized carbons (Fsp3) is 0.263. The summed E-state index contributed by atoms with van der Waals surface area (Å²) in [6.45, 7) is 4.43. The van der Waals surface area contributed by atoms with Crippen LogP contribution in [-0.2, 0) is 15.8 Å². The van der Waals surface area contributed by atoms with Gasteiger partial charge in [0, 0.05) is 29.4 Å². The zero-order chi connectivity index (χ0) is 21.0. The van der Waals surface area contributed by atoms with Crippen molar-refractivity contribution in [2.45, 2.75) is 29.7 Å². The average molecular weight is 452 g/mol. The predicted octanol–water partition coefficient (Wildman–Crippen LogP) is 3.64. The molecule has 3 aromatic rings. The maximum atomic E-state index is 12.8. The predicted molar refractivity (Wildman–Crippen MR) is 117 cm³/mol. The molecule has 0 atom stereocenters. The molecule has 1 heterocycles. The van der Waals surface area contributed by atoms with Gasteiger partial charge in [-0.2, -0.15) is 4.31 Å². The molecule has 0 aliphatic heterocycles. The van der Waals surface area contributed by atoms with Gasteiger partial charge >= 0.3 is 0 Å². The molecule has 2 aromatic carbocycles. The van der Waals surface area contributed by atoms with Gasteiger partial charge in [0.25, 0.3) is 0 Å². The fourth-order valence-electron chi connectivity index (χ4n) is 2.86. The Morgan fingerprint density at radius 2 is 1.83 bits per heavy atom. The summed E-state index contributed by atoms with van der Waals surface area (Å²) in [6.07, 6.45) is 0. The Balaban J connectivity index is 1.85. The van der Waals surface area contributed by atoms with Crippen molar-refractivity contribution in [3.63, 3.8) is 0 Å². The first kappa shape index (κ1) is 21.6. The van der Waals surface area contributed by atoms with Crippen LogP contribution >= 0.6 is 23.4 Å². The summed E-state index contributed by atoms with van der Waals surface area (Å²) in [6, 6.07) is 14.2. The summed E-state index contributed by atoms with van der Waals surface area (Å²) >= 11 is 7.44. The van der Waals surface area contributed by atoms with Crippen LogP contribution < -0.4 is 5.84 Å². The van der Waals surface area contributed by atoms with E-state index < -0.39 is 10.0 Å². The van der Waals surface area contributed by atoms with Crippen LogP contribution in [0.3, 0.4) is 0 Å². The van der Waals surface area contributed by atoms with Crippen LogP contribution in [0, 0.1) is 0 Å². The van der Waals surface area contributed by atoms with Gasteiger partial charge in [-0.05, 0) is 29.8 Å². The van der Waals surface area contributed by atoms with Gasteiger partial charge in [0.15, 0.2) is 5.82 Å². The number of rotatable bonds is 8. The van der Waals surface area contributed by atoms with E-state index in [0.29, 0.717) is 40.4 Å². The highest BCUT2D eigenvalue weighted by Gasteiger charge is 2.23. The molecule has 0 unspecified atom stereocenters. The SMILES string of the molecule is CCN(CC)S(=O)(=O)c1cccc(-c2nnc(SCc3cccc(Cl)c3)n2N)c1. The Morgan fingerprint density at radius 1 is 1.10 bits per heavy atom. The van der Waals surface area contributed by atoms with Crippen molar-refractivity contribution in [1.29, 1.82) is 0 Å². The minimum atomic E-state index is -3.57. The number of nitrogen functional groups attached to an aromatic ring is 1. The molecule has 0 saturated heterocycles. The molecular formula is C19H22ClN5O2S2. The summed E-state index contributed by atoms with van der Waals surface area (Å²) in [4.78, 5) is 0.204. The van der Waals surface area contributed by atoms with E-state index in [4.69, 9.17) is 17.4 Å². The molecule has 0 bridgehead atoms. The van der Waals surface area contributed by atoms with E-state index in [1.54, 1.807) is 24.3 Å². The summed E-state index contributed by atoms with van der Waals surface area (Å²) in [7, 11) is -3.57. The van der Waals surface area contributed by atoms with Gasteiger partial charge < -0.3 is 5.84 Å². The van der Waals surface area contributed by atoms with Crippen molar-refractivity contribution in [3.05, 3.63) is 59.1 Å². The molecule has 1 aromatic heterocycles. The lowest BCUT2D eigenvalue weighted by atomic mass is 10.2. The van der Waals surface area contributed by atoms with Crippen LogP contribution in [0.15, 0.2) is 58.6 Å². The van der Waals surface area contributed by atoms with E-state index >= 15 is 0 Å². The molecule has 0 amide bonds. The third-order valence-corrected chi connectivity index (χ3v) is 7.65. The zero-order valence-corrected chi connectivity index (χ0v) is 18.5. The second kappa shape index (κ2) is 9.17. The molecule has 10 heteroatoms. The first-order valence-electron chi connectivity index (χ1n) is 9.05. The molecule has 7 nitrogen and oxygen atoms in total. The topological polar surface area (TPSA) is 94.1 Å². The van der Waals surface area contributed by atoms with Gasteiger partial charge in [-0.3, -0.25) is 0 Å². The number of aromatic nitrogens is 3. The highest BCUT2D eigenvalue weighted by Crippen LogP contribution is 2.27. The second-order valence-electron chi connectivity index (χ2n) is 6.21. The molecule has 0 fully saturated rings. The first-order valence-corrected chi connectivity index (χ1v) is 11.9. The maximum absolute atomic E-state index is 12.8. The lowest BCUT2D eigenvalue weighted by Gasteiger charge is -2.18. The third-order valence-electron chi connectivity index (χ3n) is 4.36. The van der Waals surface area contributed by atoms with Crippen LogP contribution in [0.1, 0.15) is 19.4 Å². The minimum absolute atomic E-state index is 0.204. The largest absolute Gasteiger partial charge is 0.335 e. The Kier molecular flexibility index (Phi) is 6.84. The molecule has 0 radical (unpaired) electrons. The van der Waals surface area contributed by atoms with Crippen molar-refractivity contribution in [1.82, 2.24) is 19.2 Å². The van der Waals surface area contributed by atoms with Gasteiger partial charge in [-0.25, -0.2) is 13.1 Å². The van der Waals surface area contributed by atoms with Gasteiger partial charge in [-0.15, -0.1) is 10.2 Å². The normalized spacial score (nSPS) is 11.9. The number of nitrogens with zero attached hydrogens (tertiary/aromatic N) is 4. The van der Waals surface area contributed by atoms with E-state index in [9.17, 15) is 8.42 Å². The van der Waals surface area contributed by atoms with Crippen molar-refractivity contribution in [2.24, 2.45) is 0 Å². The standard InChI is InChI=1S/C19H22ClN5O2S2/c1-3-24(4-2)29(26,27)17-10-6-8-15(12-17)18-22-23-19(25(18)21)28-13-14-7-5-9-16(20)11-14/h5-12H,3-4,13,21H2,1-2H3. The molecule has 0 aliphatic carbocycles. The molecule has 3 rings (SSSR count). The molecule has 29 heavy (non-hydrogen) atoms. The van der Waals surface area contributed by atoms with Crippen LogP contribution in [-0.4, -0.2) is 40.7 Å². The lowest BCUT2D eigenvalue weighted by molar-refractivity contribution is 0.445. The van der Waals surface area contributed by atoms with Crippen molar-refractivity contribution in [3.8, 4) is 11.4 Å². The monoisotopic (exact) mass is 451 g/mol. The van der Waals surface area contributed by atoms with Crippen molar-refractivity contribution < 1.29 is 8.42 Å². The summed E-state index contributed by atoms with van der Waals surface area (Å²) in [5.41, 5.74) is 1.63. The Bertz CT molecular complexity index is 1100. The minimum Gasteiger partial charge on any atom is -0.335 e. The molecule has 0 saturated carbocycles. The Hall–Kier alpha value is -2.07. The highest BCUT2D eigenvalue weighted by atomic mass is 35.5. The van der Waals surface area contributed by atoms with E-state index in [2.05, 4.69) is 10.2 Å². The molecule has 0 aliphatic rings. The van der Waals surface area contributed by atoms with Gasteiger partial charge in [0.1, 0.15) is 0 Å². The van der Waals surface area contributed by atoms with Gasteiger partial charge in [0.2, 0.25) is 15.2 Å². The quantitative estimate of drug-likeness (QED) is 0.415. The van der Waals surface area contributed by atoms with Gasteiger partial charge in [-0.1, -0.05) is 61.5 Å². The molecule has 0 spiro atoms. The smallest absolute Gasteiger partial charge is 0.243 e. The average Bonchev–Trinajstić information content (AvgIpc) is 3.08. The van der Waals surface area contributed by atoms with Crippen LogP contribution in [0.5, 0.6) is 0 Å². The van der Waals surface area contributed by atoms with Crippen LogP contribution in [0.2, 0.25) is 5.02 Å². The van der Waals surface area contributed by atoms with E-state index in [1.807, 2.05) is 38.1 Å². The van der Waals surface area contributed by atoms with Crippen molar-refractivity contribution >= 4 is 33.4 Å². The number of nitrogens with two attached hydrogens (primary N) is 1. The maximum Gasteiger partial charge on any atom is 0.243 e. The first-order chi connectivity index (χ1) is 13.9. The Labute approximate surface area is 179 Å². The third kappa shape index (κ3) is 4.75. The Morgan fingerprint density at radius 3 is 2.52 bits per heavy atom. The van der Waals surface area contributed by atoms with Crippen LogP contribution in [0.25, 0.3) is 11.4 Å². The molecular weight excluding hydrogens is 430 g/mol. The van der Waals surface area contributed by atoms with Crippen molar-refractivity contribution in [2.75, 3.05) is 18.9 Å². The number of thioether (sulfide) groups is 1. The molecule has 154 valence electrons. The summed E-state index contributed by atoms with van der Waals surface area (Å²) < 4.78 is 28.4. The highest BCUT2D eigenvalue weighted by molar-refractivity contribution is 7.98. The van der Waals surface area contributed by atoms with E-state index in [0.717, 1.165) is 5.56 Å². The number of benzene rings is 2. The second-order valence-corrected chi connectivity index (χ2v) is 9.53. The number of hydrogen-bond acceptors (Lipinski definition) is 6. The van der Waals surface area contributed by atoms with Crippen LogP contribution in [0.4, 0.5) is 0 Å². The zero-order valence-electron chi connectivity index (χ0n) is 16.1. The summed E-state index contributed by atoms with van der Waals surface area (Å²) in [5.74, 6) is 7.22. The number of sulfonamides is 1. The molecule has 2 N–H and O–H groups in total.